The predicted octanol–water partition coefficient (Wildman–Crippen LogP) is 8.27. The van der Waals surface area contributed by atoms with Crippen LogP contribution in [-0.2, 0) is 0 Å². The van der Waals surface area contributed by atoms with Gasteiger partial charge in [0.25, 0.3) is 0 Å². The summed E-state index contributed by atoms with van der Waals surface area (Å²) in [5, 5.41) is 10.3. The lowest BCUT2D eigenvalue weighted by molar-refractivity contribution is -0.0409. The van der Waals surface area contributed by atoms with E-state index < -0.39 is 0 Å². The van der Waals surface area contributed by atoms with Crippen LogP contribution in [0.15, 0.2) is 11.6 Å². The third-order valence-corrected chi connectivity index (χ3v) is 11.7. The molecular formula is C30H52O. The van der Waals surface area contributed by atoms with Gasteiger partial charge in [-0.3, -0.25) is 0 Å². The number of hydrogen-bond donors (Lipinski definition) is 1. The molecule has 31 heavy (non-hydrogen) atoms. The van der Waals surface area contributed by atoms with Gasteiger partial charge in [0.15, 0.2) is 0 Å². The van der Waals surface area contributed by atoms with Crippen molar-refractivity contribution in [2.75, 3.05) is 0 Å². The highest BCUT2D eigenvalue weighted by Crippen LogP contribution is 2.66. The Morgan fingerprint density at radius 3 is 2.32 bits per heavy atom. The van der Waals surface area contributed by atoms with Gasteiger partial charge in [-0.2, -0.15) is 0 Å². The van der Waals surface area contributed by atoms with Crippen molar-refractivity contribution in [3.05, 3.63) is 11.6 Å². The Balaban J connectivity index is 1.45. The minimum atomic E-state index is -0.0416. The molecule has 1 N–H and O–H groups in total. The van der Waals surface area contributed by atoms with E-state index in [0.29, 0.717) is 10.8 Å². The molecule has 1 heteroatoms. The molecule has 10 atom stereocenters. The summed E-state index contributed by atoms with van der Waals surface area (Å²) in [4.78, 5) is 0. The minimum Gasteiger partial charge on any atom is -0.393 e. The van der Waals surface area contributed by atoms with E-state index >= 15 is 0 Å². The van der Waals surface area contributed by atoms with Gasteiger partial charge in [0.1, 0.15) is 0 Å². The topological polar surface area (TPSA) is 20.2 Å². The summed E-state index contributed by atoms with van der Waals surface area (Å²) in [7, 11) is 0. The Hall–Kier alpha value is -0.300. The zero-order chi connectivity index (χ0) is 22.6. The molecule has 178 valence electrons. The van der Waals surface area contributed by atoms with E-state index in [0.717, 1.165) is 60.2 Å². The Morgan fingerprint density at radius 1 is 0.935 bits per heavy atom. The van der Waals surface area contributed by atoms with Gasteiger partial charge in [-0.25, -0.2) is 0 Å². The summed E-state index contributed by atoms with van der Waals surface area (Å²) in [5.41, 5.74) is 2.88. The second-order valence-corrected chi connectivity index (χ2v) is 13.7. The molecule has 4 aliphatic carbocycles. The number of rotatable bonds is 6. The Kier molecular flexibility index (Phi) is 6.78. The lowest BCUT2D eigenvalue weighted by atomic mass is 9.48. The van der Waals surface area contributed by atoms with Crippen LogP contribution in [0.5, 0.6) is 0 Å². The van der Waals surface area contributed by atoms with Crippen LogP contribution in [-0.4, -0.2) is 11.2 Å². The smallest absolute Gasteiger partial charge is 0.0543 e. The van der Waals surface area contributed by atoms with Crippen molar-refractivity contribution in [1.29, 1.82) is 0 Å². The van der Waals surface area contributed by atoms with Crippen molar-refractivity contribution < 1.29 is 5.11 Å². The molecule has 0 saturated heterocycles. The summed E-state index contributed by atoms with van der Waals surface area (Å²) in [6, 6.07) is 0. The molecule has 0 radical (unpaired) electrons. The van der Waals surface area contributed by atoms with Gasteiger partial charge in [0.2, 0.25) is 0 Å². The van der Waals surface area contributed by atoms with Gasteiger partial charge in [-0.1, -0.05) is 60.1 Å². The Morgan fingerprint density at radius 2 is 1.61 bits per heavy atom. The van der Waals surface area contributed by atoms with E-state index in [1.165, 1.54) is 51.4 Å². The van der Waals surface area contributed by atoms with Crippen molar-refractivity contribution in [2.45, 2.75) is 119 Å². The molecule has 0 aromatic rings. The van der Waals surface area contributed by atoms with Crippen LogP contribution in [0.2, 0.25) is 0 Å². The van der Waals surface area contributed by atoms with Crippen molar-refractivity contribution in [1.82, 2.24) is 0 Å². The first kappa shape index (κ1) is 23.8. The number of hydrogen-bond acceptors (Lipinski definition) is 1. The van der Waals surface area contributed by atoms with E-state index in [2.05, 4.69) is 54.5 Å². The van der Waals surface area contributed by atoms with Crippen molar-refractivity contribution in [3.63, 3.8) is 0 Å². The SMILES string of the molecule is CC(C)C(C)C(C)C[C@H](C)C[C@H]1CCC2C3=CC[C@H]4C[C@@H](O)CC[C@]4(C)C3CC[C@@]21C. The highest BCUT2D eigenvalue weighted by Gasteiger charge is 2.57. The lowest BCUT2D eigenvalue weighted by Crippen LogP contribution is -2.49. The fraction of sp³-hybridized carbons (Fsp3) is 0.933. The van der Waals surface area contributed by atoms with Crippen LogP contribution < -0.4 is 0 Å². The monoisotopic (exact) mass is 428 g/mol. The molecule has 4 unspecified atom stereocenters. The van der Waals surface area contributed by atoms with Crippen LogP contribution in [0.25, 0.3) is 0 Å². The third kappa shape index (κ3) is 4.20. The molecule has 3 saturated carbocycles. The van der Waals surface area contributed by atoms with Crippen LogP contribution in [0.3, 0.4) is 0 Å². The van der Waals surface area contributed by atoms with Crippen LogP contribution in [0.4, 0.5) is 0 Å². The second kappa shape index (κ2) is 8.81. The Bertz CT molecular complexity index is 663. The molecule has 1 nitrogen and oxygen atoms in total. The number of fused-ring (bicyclic) bond motifs is 5. The molecule has 0 bridgehead atoms. The molecule has 0 heterocycles. The molecule has 3 fully saturated rings. The fourth-order valence-corrected chi connectivity index (χ4v) is 9.07. The molecule has 0 spiro atoms. The zero-order valence-corrected chi connectivity index (χ0v) is 21.8. The van der Waals surface area contributed by atoms with E-state index in [1.807, 2.05) is 5.57 Å². The maximum atomic E-state index is 10.3. The predicted molar refractivity (Wildman–Crippen MR) is 133 cm³/mol. The molecule has 0 aliphatic heterocycles. The van der Waals surface area contributed by atoms with E-state index in [9.17, 15) is 5.11 Å². The molecule has 0 aromatic heterocycles. The van der Waals surface area contributed by atoms with E-state index in [4.69, 9.17) is 0 Å². The standard InChI is InChI=1S/C30H52O/c1-19(2)22(5)21(4)16-20(3)17-23-9-11-27-26-10-8-24-18-25(31)12-14-29(24,6)28(26)13-15-30(23,27)7/h10,19-25,27-28,31H,8-9,11-18H2,1-7H3/t20-,21?,22?,23+,24-,25-,27?,28?,29-,30+/m0/s1. The zero-order valence-electron chi connectivity index (χ0n) is 21.8. The Labute approximate surface area is 193 Å². The maximum Gasteiger partial charge on any atom is 0.0543 e. The summed E-state index contributed by atoms with van der Waals surface area (Å²) in [5.74, 6) is 6.63. The summed E-state index contributed by atoms with van der Waals surface area (Å²) in [6.45, 7) is 17.6. The van der Waals surface area contributed by atoms with Crippen molar-refractivity contribution in [3.8, 4) is 0 Å². The quantitative estimate of drug-likeness (QED) is 0.422. The largest absolute Gasteiger partial charge is 0.393 e. The van der Waals surface area contributed by atoms with Crippen LogP contribution in [0.1, 0.15) is 113 Å². The minimum absolute atomic E-state index is 0.0416. The lowest BCUT2D eigenvalue weighted by Gasteiger charge is -2.57. The maximum absolute atomic E-state index is 10.3. The first-order chi connectivity index (χ1) is 14.6. The van der Waals surface area contributed by atoms with Gasteiger partial charge < -0.3 is 5.11 Å². The normalized spacial score (nSPS) is 45.3. The molecular weight excluding hydrogens is 376 g/mol. The first-order valence-electron chi connectivity index (χ1n) is 13.9. The van der Waals surface area contributed by atoms with Crippen molar-refractivity contribution >= 4 is 0 Å². The van der Waals surface area contributed by atoms with E-state index in [1.54, 1.807) is 0 Å². The van der Waals surface area contributed by atoms with Gasteiger partial charge in [-0.15, -0.1) is 0 Å². The number of aliphatic hydroxyl groups is 1. The molecule has 4 aliphatic rings. The van der Waals surface area contributed by atoms with Crippen molar-refractivity contribution in [2.24, 2.45) is 58.2 Å². The average Bonchev–Trinajstić information content (AvgIpc) is 3.04. The van der Waals surface area contributed by atoms with Crippen LogP contribution >= 0.6 is 0 Å². The van der Waals surface area contributed by atoms with Gasteiger partial charge >= 0.3 is 0 Å². The second-order valence-electron chi connectivity index (χ2n) is 13.7. The molecule has 4 rings (SSSR count). The van der Waals surface area contributed by atoms with Crippen LogP contribution in [0, 0.1) is 58.2 Å². The van der Waals surface area contributed by atoms with Gasteiger partial charge in [0.05, 0.1) is 6.10 Å². The first-order valence-corrected chi connectivity index (χ1v) is 13.9. The average molecular weight is 429 g/mol. The summed E-state index contributed by atoms with van der Waals surface area (Å²) < 4.78 is 0. The van der Waals surface area contributed by atoms with E-state index in [-0.39, 0.29) is 6.10 Å². The van der Waals surface area contributed by atoms with Gasteiger partial charge in [0, 0.05) is 0 Å². The fourth-order valence-electron chi connectivity index (χ4n) is 9.07. The third-order valence-electron chi connectivity index (χ3n) is 11.7. The summed E-state index contributed by atoms with van der Waals surface area (Å²) >= 11 is 0. The molecule has 0 aromatic carbocycles. The highest BCUT2D eigenvalue weighted by atomic mass is 16.3. The molecule has 0 amide bonds. The van der Waals surface area contributed by atoms with Gasteiger partial charge in [-0.05, 0) is 122 Å². The highest BCUT2D eigenvalue weighted by molar-refractivity contribution is 5.27. The number of allylic oxidation sites excluding steroid dienone is 2. The summed E-state index contributed by atoms with van der Waals surface area (Å²) in [6.07, 6.45) is 15.8. The number of aliphatic hydroxyl groups excluding tert-OH is 1.